The number of nitrogens with zero attached hydrogens (tertiary/aromatic N) is 2. The molecular formula is C21H22FN3O. The molecule has 3 rings (SSSR count). The lowest BCUT2D eigenvalue weighted by Crippen LogP contribution is -2.20. The van der Waals surface area contributed by atoms with E-state index in [0.29, 0.717) is 35.1 Å². The van der Waals surface area contributed by atoms with Crippen LogP contribution in [-0.2, 0) is 0 Å². The lowest BCUT2D eigenvalue weighted by Gasteiger charge is -2.04. The van der Waals surface area contributed by atoms with Gasteiger partial charge >= 0.3 is 0 Å². The summed E-state index contributed by atoms with van der Waals surface area (Å²) in [6.07, 6.45) is 0. The maximum atomic E-state index is 13.2. The molecule has 5 heteroatoms. The van der Waals surface area contributed by atoms with Crippen LogP contribution >= 0.6 is 0 Å². The summed E-state index contributed by atoms with van der Waals surface area (Å²) in [4.78, 5) is 17.7. The lowest BCUT2D eigenvalue weighted by atomic mass is 10.1. The van der Waals surface area contributed by atoms with Crippen LogP contribution in [0.25, 0.3) is 16.9 Å². The average Bonchev–Trinajstić information content (AvgIpc) is 2.98. The summed E-state index contributed by atoms with van der Waals surface area (Å²) >= 11 is 0. The fraction of sp³-hybridized carbons (Fsp3) is 0.238. The molecule has 0 aliphatic rings. The maximum Gasteiger partial charge on any atom is 0.280 e. The molecule has 3 aromatic rings. The van der Waals surface area contributed by atoms with E-state index in [1.54, 1.807) is 12.1 Å². The van der Waals surface area contributed by atoms with E-state index in [9.17, 15) is 9.18 Å². The van der Waals surface area contributed by atoms with E-state index in [2.05, 4.69) is 23.9 Å². The number of benzene rings is 2. The highest BCUT2D eigenvalue weighted by molar-refractivity contribution is 6.03. The molecule has 0 amide bonds. The standard InChI is InChI=1S/C21H22FN3O/c1-14(2)13-23-15(3)19-20(16-7-5-4-6-8-16)24-25(21(19)26)18-11-9-17(22)10-12-18/h4-12,14,24H,13H2,1-3H3. The van der Waals surface area contributed by atoms with Crippen LogP contribution in [-0.4, -0.2) is 22.0 Å². The van der Waals surface area contributed by atoms with Crippen molar-refractivity contribution >= 4 is 5.71 Å². The minimum Gasteiger partial charge on any atom is -0.290 e. The molecule has 1 N–H and O–H groups in total. The molecule has 0 saturated carbocycles. The number of aromatic nitrogens is 2. The van der Waals surface area contributed by atoms with Crippen LogP contribution in [0, 0.1) is 11.7 Å². The number of hydrogen-bond donors (Lipinski definition) is 1. The van der Waals surface area contributed by atoms with Crippen LogP contribution in [0.5, 0.6) is 0 Å². The second kappa shape index (κ2) is 7.52. The Morgan fingerprint density at radius 2 is 1.77 bits per heavy atom. The Balaban J connectivity index is 2.19. The summed E-state index contributed by atoms with van der Waals surface area (Å²) in [5, 5.41) is 3.17. The normalized spacial score (nSPS) is 12.0. The first kappa shape index (κ1) is 17.9. The third kappa shape index (κ3) is 3.67. The second-order valence-electron chi connectivity index (χ2n) is 6.66. The number of aromatic amines is 1. The number of rotatable bonds is 5. The molecule has 1 heterocycles. The highest BCUT2D eigenvalue weighted by Crippen LogP contribution is 2.21. The summed E-state index contributed by atoms with van der Waals surface area (Å²) in [5.74, 6) is 0.0647. The molecule has 0 spiro atoms. The number of aliphatic imine (C=N–C) groups is 1. The predicted octanol–water partition coefficient (Wildman–Crippen LogP) is 4.44. The summed E-state index contributed by atoms with van der Waals surface area (Å²) in [6, 6.07) is 15.5. The topological polar surface area (TPSA) is 50.1 Å². The minimum atomic E-state index is -0.341. The number of H-pyrrole nitrogens is 1. The molecule has 134 valence electrons. The zero-order valence-electron chi connectivity index (χ0n) is 15.2. The van der Waals surface area contributed by atoms with Crippen LogP contribution < -0.4 is 5.56 Å². The first-order valence-corrected chi connectivity index (χ1v) is 8.65. The van der Waals surface area contributed by atoms with Gasteiger partial charge < -0.3 is 0 Å². The second-order valence-corrected chi connectivity index (χ2v) is 6.66. The Kier molecular flexibility index (Phi) is 5.16. The Bertz CT molecular complexity index is 967. The first-order valence-electron chi connectivity index (χ1n) is 8.65. The van der Waals surface area contributed by atoms with Gasteiger partial charge in [0.25, 0.3) is 5.56 Å². The van der Waals surface area contributed by atoms with Crippen molar-refractivity contribution in [1.29, 1.82) is 0 Å². The van der Waals surface area contributed by atoms with Crippen LogP contribution in [0.3, 0.4) is 0 Å². The van der Waals surface area contributed by atoms with Crippen molar-refractivity contribution < 1.29 is 4.39 Å². The van der Waals surface area contributed by atoms with Crippen LogP contribution in [0.1, 0.15) is 26.3 Å². The Labute approximate surface area is 152 Å². The largest absolute Gasteiger partial charge is 0.290 e. The number of hydrogen-bond acceptors (Lipinski definition) is 2. The fourth-order valence-corrected chi connectivity index (χ4v) is 2.76. The minimum absolute atomic E-state index is 0.194. The van der Waals surface area contributed by atoms with E-state index in [-0.39, 0.29) is 11.4 Å². The van der Waals surface area contributed by atoms with Gasteiger partial charge in [-0.25, -0.2) is 9.07 Å². The van der Waals surface area contributed by atoms with Gasteiger partial charge in [-0.15, -0.1) is 0 Å². The highest BCUT2D eigenvalue weighted by Gasteiger charge is 2.19. The SMILES string of the molecule is CC(=NCC(C)C)c1c(-c2ccccc2)[nH]n(-c2ccc(F)cc2)c1=O. The van der Waals surface area contributed by atoms with E-state index < -0.39 is 0 Å². The molecule has 4 nitrogen and oxygen atoms in total. The zero-order valence-corrected chi connectivity index (χ0v) is 15.2. The summed E-state index contributed by atoms with van der Waals surface area (Å²) < 4.78 is 14.7. The number of halogens is 1. The lowest BCUT2D eigenvalue weighted by molar-refractivity contribution is 0.627. The molecule has 0 saturated heterocycles. The molecule has 0 radical (unpaired) electrons. The van der Waals surface area contributed by atoms with Crippen molar-refractivity contribution in [2.45, 2.75) is 20.8 Å². The van der Waals surface area contributed by atoms with Crippen molar-refractivity contribution in [1.82, 2.24) is 9.78 Å². The van der Waals surface area contributed by atoms with Crippen molar-refractivity contribution in [2.75, 3.05) is 6.54 Å². The van der Waals surface area contributed by atoms with Gasteiger partial charge in [-0.3, -0.25) is 14.9 Å². The van der Waals surface area contributed by atoms with E-state index in [0.717, 1.165) is 5.56 Å². The van der Waals surface area contributed by atoms with Gasteiger partial charge in [0.2, 0.25) is 0 Å². The molecular weight excluding hydrogens is 329 g/mol. The van der Waals surface area contributed by atoms with Gasteiger partial charge in [-0.2, -0.15) is 0 Å². The van der Waals surface area contributed by atoms with E-state index in [1.807, 2.05) is 37.3 Å². The molecule has 0 bridgehead atoms. The van der Waals surface area contributed by atoms with Crippen molar-refractivity contribution in [3.63, 3.8) is 0 Å². The summed E-state index contributed by atoms with van der Waals surface area (Å²) in [5.41, 5.74) is 3.24. The van der Waals surface area contributed by atoms with Crippen LogP contribution in [0.2, 0.25) is 0 Å². The summed E-state index contributed by atoms with van der Waals surface area (Å²) in [7, 11) is 0. The first-order chi connectivity index (χ1) is 12.5. The highest BCUT2D eigenvalue weighted by atomic mass is 19.1. The number of nitrogens with one attached hydrogen (secondary N) is 1. The smallest absolute Gasteiger partial charge is 0.280 e. The molecule has 1 aromatic heterocycles. The van der Waals surface area contributed by atoms with Crippen LogP contribution in [0.4, 0.5) is 4.39 Å². The molecule has 26 heavy (non-hydrogen) atoms. The molecule has 0 aliphatic carbocycles. The molecule has 0 aliphatic heterocycles. The van der Waals surface area contributed by atoms with E-state index >= 15 is 0 Å². The average molecular weight is 351 g/mol. The van der Waals surface area contributed by atoms with Gasteiger partial charge in [0, 0.05) is 17.8 Å². The Morgan fingerprint density at radius 1 is 1.12 bits per heavy atom. The van der Waals surface area contributed by atoms with Gasteiger partial charge in [-0.1, -0.05) is 44.2 Å². The van der Waals surface area contributed by atoms with E-state index in [4.69, 9.17) is 0 Å². The summed E-state index contributed by atoms with van der Waals surface area (Å²) in [6.45, 7) is 6.68. The van der Waals surface area contributed by atoms with Crippen molar-refractivity contribution in [2.24, 2.45) is 10.9 Å². The molecule has 0 fully saturated rings. The Hall–Kier alpha value is -2.95. The predicted molar refractivity (Wildman–Crippen MR) is 104 cm³/mol. The van der Waals surface area contributed by atoms with Crippen molar-refractivity contribution in [3.8, 4) is 16.9 Å². The van der Waals surface area contributed by atoms with E-state index in [1.165, 1.54) is 16.8 Å². The fourth-order valence-electron chi connectivity index (χ4n) is 2.76. The van der Waals surface area contributed by atoms with Gasteiger partial charge in [0.1, 0.15) is 5.82 Å². The van der Waals surface area contributed by atoms with Gasteiger partial charge in [-0.05, 0) is 37.1 Å². The third-order valence-electron chi connectivity index (χ3n) is 4.09. The van der Waals surface area contributed by atoms with Gasteiger partial charge in [0.05, 0.1) is 16.9 Å². The quantitative estimate of drug-likeness (QED) is 0.679. The molecule has 0 atom stereocenters. The Morgan fingerprint density at radius 3 is 2.38 bits per heavy atom. The van der Waals surface area contributed by atoms with Crippen molar-refractivity contribution in [3.05, 3.63) is 76.3 Å². The maximum absolute atomic E-state index is 13.2. The van der Waals surface area contributed by atoms with Crippen LogP contribution in [0.15, 0.2) is 64.4 Å². The zero-order chi connectivity index (χ0) is 18.7. The third-order valence-corrected chi connectivity index (χ3v) is 4.09. The molecule has 0 unspecified atom stereocenters. The molecule has 2 aromatic carbocycles. The van der Waals surface area contributed by atoms with Gasteiger partial charge in [0.15, 0.2) is 0 Å². The monoisotopic (exact) mass is 351 g/mol.